The maximum absolute atomic E-state index is 12.1. The van der Waals surface area contributed by atoms with Gasteiger partial charge in [0.1, 0.15) is 5.75 Å². The highest BCUT2D eigenvalue weighted by molar-refractivity contribution is 6.32. The van der Waals surface area contributed by atoms with Gasteiger partial charge >= 0.3 is 0 Å². The van der Waals surface area contributed by atoms with Crippen molar-refractivity contribution in [2.24, 2.45) is 0 Å². The maximum Gasteiger partial charge on any atom is 0.244 e. The monoisotopic (exact) mass is 329 g/mol. The average molecular weight is 330 g/mol. The van der Waals surface area contributed by atoms with Crippen LogP contribution in [0.4, 0.5) is 0 Å². The summed E-state index contributed by atoms with van der Waals surface area (Å²) in [4.78, 5) is 12.1. The minimum absolute atomic E-state index is 0.0377. The summed E-state index contributed by atoms with van der Waals surface area (Å²) in [5, 5.41) is 3.62. The van der Waals surface area contributed by atoms with Crippen LogP contribution in [-0.4, -0.2) is 13.0 Å². The van der Waals surface area contributed by atoms with Gasteiger partial charge in [0.05, 0.1) is 13.2 Å². The molecule has 2 aromatic carbocycles. The largest absolute Gasteiger partial charge is 0.497 e. The van der Waals surface area contributed by atoms with Crippen molar-refractivity contribution in [1.29, 1.82) is 0 Å². The van der Waals surface area contributed by atoms with Crippen LogP contribution in [0.1, 0.15) is 30.5 Å². The normalized spacial score (nSPS) is 12.1. The number of halogens is 1. The van der Waals surface area contributed by atoms with Crippen LogP contribution in [-0.2, 0) is 4.79 Å². The molecule has 0 aliphatic carbocycles. The molecule has 0 fully saturated rings. The lowest BCUT2D eigenvalue weighted by atomic mass is 10.0. The van der Waals surface area contributed by atoms with Gasteiger partial charge in [-0.15, -0.1) is 0 Å². The molecule has 0 saturated carbocycles. The zero-order valence-corrected chi connectivity index (χ0v) is 14.0. The van der Waals surface area contributed by atoms with Crippen LogP contribution in [0.5, 0.6) is 5.75 Å². The number of carbonyl (C=O) groups excluding carboxylic acids is 1. The van der Waals surface area contributed by atoms with Gasteiger partial charge in [-0.1, -0.05) is 48.9 Å². The van der Waals surface area contributed by atoms with Crippen molar-refractivity contribution < 1.29 is 9.53 Å². The molecular formula is C19H20ClNO2. The fourth-order valence-corrected chi connectivity index (χ4v) is 2.45. The molecule has 120 valence electrons. The van der Waals surface area contributed by atoms with E-state index in [9.17, 15) is 4.79 Å². The molecule has 1 atom stereocenters. The highest BCUT2D eigenvalue weighted by Crippen LogP contribution is 2.20. The molecule has 0 bridgehead atoms. The van der Waals surface area contributed by atoms with Gasteiger partial charge in [-0.3, -0.25) is 4.79 Å². The molecule has 2 rings (SSSR count). The fourth-order valence-electron chi connectivity index (χ4n) is 2.25. The Morgan fingerprint density at radius 3 is 2.52 bits per heavy atom. The van der Waals surface area contributed by atoms with E-state index in [0.717, 1.165) is 23.3 Å². The van der Waals surface area contributed by atoms with E-state index in [1.165, 1.54) is 6.08 Å². The summed E-state index contributed by atoms with van der Waals surface area (Å²) in [6.45, 7) is 2.03. The second-order valence-electron chi connectivity index (χ2n) is 5.10. The van der Waals surface area contributed by atoms with Gasteiger partial charge in [0.2, 0.25) is 5.91 Å². The van der Waals surface area contributed by atoms with Crippen LogP contribution in [0, 0.1) is 0 Å². The van der Waals surface area contributed by atoms with Crippen LogP contribution in [0.15, 0.2) is 54.6 Å². The Morgan fingerprint density at radius 1 is 1.22 bits per heavy atom. The van der Waals surface area contributed by atoms with E-state index in [4.69, 9.17) is 16.3 Å². The lowest BCUT2D eigenvalue weighted by molar-refractivity contribution is -0.117. The van der Waals surface area contributed by atoms with Crippen molar-refractivity contribution in [2.45, 2.75) is 19.4 Å². The molecule has 1 amide bonds. The Kier molecular flexibility index (Phi) is 6.24. The number of hydrogen-bond donors (Lipinski definition) is 1. The summed E-state index contributed by atoms with van der Waals surface area (Å²) in [5.74, 6) is 0.654. The SMILES string of the molecule is CC[C@@H](NC(=O)/C=C/c1ccccc1Cl)c1ccc(OC)cc1. The molecule has 4 heteroatoms. The summed E-state index contributed by atoms with van der Waals surface area (Å²) in [7, 11) is 1.63. The molecule has 0 saturated heterocycles. The van der Waals surface area contributed by atoms with Crippen LogP contribution >= 0.6 is 11.6 Å². The van der Waals surface area contributed by atoms with Gasteiger partial charge in [0.15, 0.2) is 0 Å². The third-order valence-corrected chi connectivity index (χ3v) is 3.91. The molecule has 2 aromatic rings. The predicted molar refractivity (Wildman–Crippen MR) is 94.7 cm³/mol. The van der Waals surface area contributed by atoms with E-state index in [-0.39, 0.29) is 11.9 Å². The summed E-state index contributed by atoms with van der Waals surface area (Å²) >= 11 is 6.07. The zero-order valence-electron chi connectivity index (χ0n) is 13.3. The number of methoxy groups -OCH3 is 1. The van der Waals surface area contributed by atoms with Crippen LogP contribution < -0.4 is 10.1 Å². The standard InChI is InChI=1S/C19H20ClNO2/c1-3-18(15-8-11-16(23-2)12-9-15)21-19(22)13-10-14-6-4-5-7-17(14)20/h4-13,18H,3H2,1-2H3,(H,21,22)/b13-10+/t18-/m1/s1. The third kappa shape index (κ3) is 4.86. The molecular weight excluding hydrogens is 310 g/mol. The number of hydrogen-bond acceptors (Lipinski definition) is 2. The second kappa shape index (κ2) is 8.39. The van der Waals surface area contributed by atoms with Crippen molar-refractivity contribution in [3.05, 3.63) is 70.8 Å². The van der Waals surface area contributed by atoms with E-state index >= 15 is 0 Å². The first kappa shape index (κ1) is 17.1. The molecule has 0 heterocycles. The van der Waals surface area contributed by atoms with Crippen molar-refractivity contribution in [3.8, 4) is 5.75 Å². The summed E-state index contributed by atoms with van der Waals surface area (Å²) in [6, 6.07) is 15.1. The van der Waals surface area contributed by atoms with Gasteiger partial charge in [0.25, 0.3) is 0 Å². The Morgan fingerprint density at radius 2 is 1.91 bits per heavy atom. The Labute approximate surface area is 141 Å². The predicted octanol–water partition coefficient (Wildman–Crippen LogP) is 4.63. The molecule has 1 N–H and O–H groups in total. The molecule has 0 aromatic heterocycles. The fraction of sp³-hybridized carbons (Fsp3) is 0.211. The van der Waals surface area contributed by atoms with E-state index in [1.54, 1.807) is 19.3 Å². The molecule has 3 nitrogen and oxygen atoms in total. The molecule has 0 radical (unpaired) electrons. The van der Waals surface area contributed by atoms with E-state index < -0.39 is 0 Å². The lowest BCUT2D eigenvalue weighted by Gasteiger charge is -2.16. The van der Waals surface area contributed by atoms with Crippen LogP contribution in [0.2, 0.25) is 5.02 Å². The highest BCUT2D eigenvalue weighted by atomic mass is 35.5. The summed E-state index contributed by atoms with van der Waals surface area (Å²) in [5.41, 5.74) is 1.87. The van der Waals surface area contributed by atoms with Crippen molar-refractivity contribution in [3.63, 3.8) is 0 Å². The number of nitrogens with one attached hydrogen (secondary N) is 1. The van der Waals surface area contributed by atoms with Crippen molar-refractivity contribution in [2.75, 3.05) is 7.11 Å². The van der Waals surface area contributed by atoms with Gasteiger partial charge in [-0.2, -0.15) is 0 Å². The lowest BCUT2D eigenvalue weighted by Crippen LogP contribution is -2.26. The first-order valence-corrected chi connectivity index (χ1v) is 7.89. The molecule has 0 aliphatic rings. The van der Waals surface area contributed by atoms with Crippen LogP contribution in [0.3, 0.4) is 0 Å². The quantitative estimate of drug-likeness (QED) is 0.785. The number of carbonyl (C=O) groups is 1. The number of ether oxygens (including phenoxy) is 1. The minimum atomic E-state index is -0.146. The number of rotatable bonds is 6. The van der Waals surface area contributed by atoms with Crippen molar-refractivity contribution >= 4 is 23.6 Å². The first-order chi connectivity index (χ1) is 11.1. The average Bonchev–Trinajstić information content (AvgIpc) is 2.59. The van der Waals surface area contributed by atoms with E-state index in [2.05, 4.69) is 5.32 Å². The third-order valence-electron chi connectivity index (χ3n) is 3.56. The Hall–Kier alpha value is -2.26. The molecule has 23 heavy (non-hydrogen) atoms. The second-order valence-corrected chi connectivity index (χ2v) is 5.50. The smallest absolute Gasteiger partial charge is 0.244 e. The van der Waals surface area contributed by atoms with Crippen molar-refractivity contribution in [1.82, 2.24) is 5.32 Å². The van der Waals surface area contributed by atoms with Gasteiger partial charge < -0.3 is 10.1 Å². The Balaban J connectivity index is 2.03. The number of benzene rings is 2. The first-order valence-electron chi connectivity index (χ1n) is 7.51. The maximum atomic E-state index is 12.1. The molecule has 0 aliphatic heterocycles. The molecule has 0 unspecified atom stereocenters. The van der Waals surface area contributed by atoms with Gasteiger partial charge in [0, 0.05) is 11.1 Å². The van der Waals surface area contributed by atoms with E-state index in [0.29, 0.717) is 5.02 Å². The summed E-state index contributed by atoms with van der Waals surface area (Å²) < 4.78 is 5.15. The van der Waals surface area contributed by atoms with E-state index in [1.807, 2.05) is 49.4 Å². The van der Waals surface area contributed by atoms with Gasteiger partial charge in [-0.25, -0.2) is 0 Å². The topological polar surface area (TPSA) is 38.3 Å². The zero-order chi connectivity index (χ0) is 16.7. The number of amides is 1. The minimum Gasteiger partial charge on any atom is -0.497 e. The Bertz CT molecular complexity index is 680. The van der Waals surface area contributed by atoms with Gasteiger partial charge in [-0.05, 0) is 41.8 Å². The summed E-state index contributed by atoms with van der Waals surface area (Å²) in [6.07, 6.45) is 4.03. The highest BCUT2D eigenvalue weighted by Gasteiger charge is 2.11. The molecule has 0 spiro atoms. The van der Waals surface area contributed by atoms with Crippen LogP contribution in [0.25, 0.3) is 6.08 Å².